The lowest BCUT2D eigenvalue weighted by Crippen LogP contribution is -2.62. The number of aliphatic carboxylic acids is 1. The average molecular weight is 1350 g/mol. The molecule has 0 radical (unpaired) electrons. The Labute approximate surface area is 557 Å². The largest absolute Gasteiger partial charge is 0.508 e. The fraction of sp³-hybridized carbons (Fsp3) is 0.433. The molecule has 26 nitrogen and oxygen atoms in total. The van der Waals surface area contributed by atoms with Gasteiger partial charge in [0.25, 0.3) is 0 Å². The van der Waals surface area contributed by atoms with Crippen LogP contribution in [0.3, 0.4) is 0 Å². The van der Waals surface area contributed by atoms with E-state index in [0.717, 1.165) is 21.6 Å². The number of phenolic OH excluding ortho intramolecular Hbond substituents is 1. The van der Waals surface area contributed by atoms with E-state index in [0.29, 0.717) is 56.9 Å². The number of carboxylic acid groups (broad SMARTS) is 1. The number of phenols is 1. The number of H-pyrrole nitrogens is 2. The van der Waals surface area contributed by atoms with Gasteiger partial charge in [-0.05, 0) is 108 Å². The molecule has 0 bridgehead atoms. The number of unbranched alkanes of at least 4 members (excludes halogenated alkanes) is 2. The Kier molecular flexibility index (Phi) is 26.3. The number of alkyl carbamates (subject to hydrolysis) is 2. The summed E-state index contributed by atoms with van der Waals surface area (Å²) >= 11 is 0. The second-order valence-electron chi connectivity index (χ2n) is 25.2. The monoisotopic (exact) mass is 1350 g/mol. The number of ether oxygens (including phenoxy) is 2. The maximum Gasteiger partial charge on any atom is 0.408 e. The number of aromatic amines is 2. The number of hydrogen-bond acceptors (Lipinski definition) is 16. The summed E-state index contributed by atoms with van der Waals surface area (Å²) in [6, 6.07) is 16.4. The lowest BCUT2D eigenvalue weighted by Gasteiger charge is -2.29. The number of aliphatic hydroxyl groups is 1. The van der Waals surface area contributed by atoms with Gasteiger partial charge in [0.05, 0.1) is 6.10 Å². The fourth-order valence-electron chi connectivity index (χ4n) is 10.3. The molecular formula is C67H85N11O15S2. The zero-order chi connectivity index (χ0) is 69.0. The molecular weight excluding hydrogens is 1260 g/mol. The van der Waals surface area contributed by atoms with Crippen LogP contribution in [0.1, 0.15) is 96.4 Å². The van der Waals surface area contributed by atoms with Gasteiger partial charge in [0, 0.05) is 77.9 Å². The maximum atomic E-state index is 15.2. The quantitative estimate of drug-likeness (QED) is 0.0338. The standard InChI is InChI=1S/C67H85N11O15S2/c1-38(79)55-62(87)76-54(61(86)74-52(63(88)89)33-42-35-70-47-23-16-14-21-45(42)47)37-95-94-36-53(75-58(83)50(30-39-18-10-8-11-19-39)77-65(91)93-67(5,6)7)60(85)72-49(31-40-25-27-43(80)28-26-40)57(82)73-51(32-41-34-69-46-22-15-13-20-44(41)46)59(84)71-48(56(81)78-55)24-12-9-17-29-68-64(90)92-66(2,3)4/h8,10-11,13-16,18-23,25-28,34-35,38,48-55,69-70,79-80H,9,12,17,24,29-33,36-37H2,1-7H3,(H,68,90)(H,71,84)(H,72,85)(H,73,82)(H,74,86)(H,75,83)(H,76,87)(H,77,91)(H,78,81)(H,88,89)/t38-,48+,49+,50-,51-,52+,53+,54+,55+/m1/s1. The van der Waals surface area contributed by atoms with Crippen molar-refractivity contribution in [3.63, 3.8) is 0 Å². The van der Waals surface area contributed by atoms with Crippen LogP contribution in [0.4, 0.5) is 9.59 Å². The summed E-state index contributed by atoms with van der Waals surface area (Å²) in [6.07, 6.45) is 0.246. The molecule has 6 aromatic rings. The van der Waals surface area contributed by atoms with Crippen molar-refractivity contribution in [1.82, 2.24) is 57.8 Å². The Bertz CT molecular complexity index is 3650. The lowest BCUT2D eigenvalue weighted by atomic mass is 10.0. The van der Waals surface area contributed by atoms with Crippen LogP contribution in [-0.4, -0.2) is 168 Å². The van der Waals surface area contributed by atoms with Crippen LogP contribution in [0.5, 0.6) is 5.75 Å². The highest BCUT2D eigenvalue weighted by atomic mass is 33.1. The molecule has 14 N–H and O–H groups in total. The first-order chi connectivity index (χ1) is 45.1. The molecule has 3 heterocycles. The normalized spacial score (nSPS) is 19.9. The SMILES string of the molecule is C[C@@H](O)[C@@H]1NC(=O)[C@H](CCCCCNC(=O)OC(C)(C)C)NC(=O)[C@@H](Cc2c[nH]c3ccccc23)NC(=O)[C@H](Cc2ccc(O)cc2)NC(=O)[C@@H](NC(=O)[C@@H](Cc2ccccc2)NC(=O)OC(C)(C)C)CSSC[C@@H](C(=O)N[C@@H](Cc2c[nH]c3ccccc23)C(=O)O)NC1=O. The smallest absolute Gasteiger partial charge is 0.408 e. The van der Waals surface area contributed by atoms with Crippen LogP contribution in [0.15, 0.2) is 116 Å². The number of hydrogen-bond donors (Lipinski definition) is 14. The number of carbonyl (C=O) groups excluding carboxylic acids is 9. The predicted molar refractivity (Wildman–Crippen MR) is 360 cm³/mol. The summed E-state index contributed by atoms with van der Waals surface area (Å²) in [4.78, 5) is 149. The molecule has 28 heteroatoms. The summed E-state index contributed by atoms with van der Waals surface area (Å²) in [5.41, 5.74) is 1.86. The van der Waals surface area contributed by atoms with Gasteiger partial charge in [-0.3, -0.25) is 33.6 Å². The molecule has 0 aliphatic carbocycles. The Morgan fingerprint density at radius 1 is 0.579 bits per heavy atom. The van der Waals surface area contributed by atoms with Gasteiger partial charge in [-0.25, -0.2) is 14.4 Å². The number of carboxylic acids is 1. The highest BCUT2D eigenvalue weighted by Crippen LogP contribution is 2.26. The minimum atomic E-state index is -1.82. The predicted octanol–water partition coefficient (Wildman–Crippen LogP) is 4.86. The van der Waals surface area contributed by atoms with Crippen LogP contribution in [0, 0.1) is 0 Å². The molecule has 4 aromatic carbocycles. The Hall–Kier alpha value is -9.28. The van der Waals surface area contributed by atoms with Crippen molar-refractivity contribution in [3.8, 4) is 5.75 Å². The van der Waals surface area contributed by atoms with Crippen LogP contribution in [-0.2, 0) is 73.5 Å². The Morgan fingerprint density at radius 2 is 1.14 bits per heavy atom. The van der Waals surface area contributed by atoms with Crippen LogP contribution >= 0.6 is 21.6 Å². The number of fused-ring (bicyclic) bond motifs is 2. The molecule has 7 rings (SSSR count). The van der Waals surface area contributed by atoms with E-state index in [9.17, 15) is 48.9 Å². The number of rotatable bonds is 21. The van der Waals surface area contributed by atoms with Gasteiger partial charge in [-0.15, -0.1) is 0 Å². The van der Waals surface area contributed by atoms with Crippen LogP contribution in [0.2, 0.25) is 0 Å². The molecule has 0 spiro atoms. The van der Waals surface area contributed by atoms with Gasteiger partial charge in [0.1, 0.15) is 65.3 Å². The number of aromatic hydroxyl groups is 1. The third kappa shape index (κ3) is 23.0. The van der Waals surface area contributed by atoms with E-state index >= 15 is 14.4 Å². The van der Waals surface area contributed by atoms with Crippen molar-refractivity contribution in [2.45, 2.75) is 165 Å². The highest BCUT2D eigenvalue weighted by molar-refractivity contribution is 8.76. The third-order valence-corrected chi connectivity index (χ3v) is 17.5. The van der Waals surface area contributed by atoms with Crippen molar-refractivity contribution >= 4 is 103 Å². The first kappa shape index (κ1) is 73.1. The van der Waals surface area contributed by atoms with Crippen molar-refractivity contribution in [3.05, 3.63) is 138 Å². The summed E-state index contributed by atoms with van der Waals surface area (Å²) in [5, 5.41) is 57.6. The number of amides is 9. The third-order valence-electron chi connectivity index (χ3n) is 15.1. The molecule has 1 aliphatic heterocycles. The van der Waals surface area contributed by atoms with Crippen molar-refractivity contribution < 1.29 is 72.7 Å². The van der Waals surface area contributed by atoms with Crippen LogP contribution < -0.4 is 47.9 Å². The molecule has 1 saturated heterocycles. The summed E-state index contributed by atoms with van der Waals surface area (Å²) in [5.74, 6) is -8.83. The van der Waals surface area contributed by atoms with E-state index in [1.165, 1.54) is 31.2 Å². The van der Waals surface area contributed by atoms with E-state index < -0.39 is 125 Å². The van der Waals surface area contributed by atoms with Gasteiger partial charge < -0.3 is 82.6 Å². The number of carbonyl (C=O) groups is 10. The molecule has 510 valence electrons. The van der Waals surface area contributed by atoms with E-state index in [4.69, 9.17) is 9.47 Å². The zero-order valence-corrected chi connectivity index (χ0v) is 55.6. The molecule has 9 atom stereocenters. The molecule has 0 unspecified atom stereocenters. The van der Waals surface area contributed by atoms with E-state index in [-0.39, 0.29) is 62.3 Å². The summed E-state index contributed by atoms with van der Waals surface area (Å²) in [7, 11) is 1.84. The Balaban J connectivity index is 1.28. The molecule has 1 fully saturated rings. The molecule has 9 amide bonds. The van der Waals surface area contributed by atoms with Gasteiger partial charge in [0.15, 0.2) is 0 Å². The lowest BCUT2D eigenvalue weighted by molar-refractivity contribution is -0.142. The topological polar surface area (TPSA) is 390 Å². The summed E-state index contributed by atoms with van der Waals surface area (Å²) < 4.78 is 10.9. The van der Waals surface area contributed by atoms with E-state index in [2.05, 4.69) is 57.8 Å². The highest BCUT2D eigenvalue weighted by Gasteiger charge is 2.38. The number of aromatic nitrogens is 2. The number of benzene rings is 4. The second kappa shape index (κ2) is 34.2. The minimum absolute atomic E-state index is 0.0792. The molecule has 1 aliphatic rings. The maximum absolute atomic E-state index is 15.2. The zero-order valence-electron chi connectivity index (χ0n) is 54.0. The molecule has 95 heavy (non-hydrogen) atoms. The minimum Gasteiger partial charge on any atom is -0.508 e. The first-order valence-corrected chi connectivity index (χ1v) is 33.7. The van der Waals surface area contributed by atoms with E-state index in [1.54, 1.807) is 127 Å². The van der Waals surface area contributed by atoms with E-state index in [1.807, 2.05) is 6.07 Å². The van der Waals surface area contributed by atoms with Gasteiger partial charge >= 0.3 is 18.2 Å². The van der Waals surface area contributed by atoms with Crippen molar-refractivity contribution in [1.29, 1.82) is 0 Å². The fourth-order valence-corrected chi connectivity index (χ4v) is 12.7. The van der Waals surface area contributed by atoms with Crippen molar-refractivity contribution in [2.75, 3.05) is 18.1 Å². The van der Waals surface area contributed by atoms with Gasteiger partial charge in [0.2, 0.25) is 41.4 Å². The number of aliphatic hydroxyl groups excluding tert-OH is 1. The molecule has 0 saturated carbocycles. The first-order valence-electron chi connectivity index (χ1n) is 31.3. The Morgan fingerprint density at radius 3 is 1.77 bits per heavy atom. The summed E-state index contributed by atoms with van der Waals surface area (Å²) in [6.45, 7) is 11.5. The molecule has 2 aromatic heterocycles. The van der Waals surface area contributed by atoms with Crippen LogP contribution in [0.25, 0.3) is 21.8 Å². The van der Waals surface area contributed by atoms with Gasteiger partial charge in [-0.2, -0.15) is 0 Å². The van der Waals surface area contributed by atoms with Gasteiger partial charge in [-0.1, -0.05) is 113 Å². The second-order valence-corrected chi connectivity index (χ2v) is 27.7. The number of nitrogens with one attached hydrogen (secondary N) is 11. The average Bonchev–Trinajstić information content (AvgIpc) is 1.77. The van der Waals surface area contributed by atoms with Crippen molar-refractivity contribution in [2.24, 2.45) is 0 Å². The number of para-hydroxylation sites is 2.